The Balaban J connectivity index is 0.00000272. The molecule has 1 atom stereocenters. The lowest BCUT2D eigenvalue weighted by atomic mass is 10.1. The van der Waals surface area contributed by atoms with Crippen LogP contribution in [0.25, 0.3) is 0 Å². The molecule has 1 N–H and O–H groups in total. The van der Waals surface area contributed by atoms with Crippen molar-refractivity contribution in [1.29, 1.82) is 0 Å². The molecule has 33 heavy (non-hydrogen) atoms. The maximum Gasteiger partial charge on any atom is 0.162 e. The molecule has 0 bridgehead atoms. The number of Topliss-reactive ketones (excluding diaryl/α,β-unsaturated/α-hetero) is 1. The van der Waals surface area contributed by atoms with Gasteiger partial charge < -0.3 is 19.5 Å². The quantitative estimate of drug-likeness (QED) is 0.472. The van der Waals surface area contributed by atoms with Gasteiger partial charge in [0.15, 0.2) is 17.3 Å². The third kappa shape index (κ3) is 9.47. The number of aliphatic hydroxyl groups excluding tert-OH is 1. The number of piperazine rings is 1. The molecule has 6 nitrogen and oxygen atoms in total. The first-order valence-corrected chi connectivity index (χ1v) is 10.7. The molecule has 1 unspecified atom stereocenters. The van der Waals surface area contributed by atoms with Crippen molar-refractivity contribution in [1.82, 2.24) is 9.80 Å². The fourth-order valence-corrected chi connectivity index (χ4v) is 3.71. The van der Waals surface area contributed by atoms with E-state index in [0.717, 1.165) is 39.1 Å². The van der Waals surface area contributed by atoms with Crippen molar-refractivity contribution >= 4 is 30.6 Å². The number of para-hydroxylation sites is 2. The van der Waals surface area contributed by atoms with Crippen LogP contribution in [0.4, 0.5) is 4.39 Å². The number of rotatable bonds is 11. The van der Waals surface area contributed by atoms with Gasteiger partial charge in [0.2, 0.25) is 0 Å². The molecule has 1 aliphatic heterocycles. The first-order chi connectivity index (χ1) is 15.0. The molecule has 0 amide bonds. The van der Waals surface area contributed by atoms with Crippen LogP contribution in [-0.2, 0) is 0 Å². The molecule has 1 fully saturated rings. The minimum atomic E-state index is -0.579. The van der Waals surface area contributed by atoms with Gasteiger partial charge in [-0.2, -0.15) is 0 Å². The van der Waals surface area contributed by atoms with E-state index in [0.29, 0.717) is 30.0 Å². The predicted molar refractivity (Wildman–Crippen MR) is 132 cm³/mol. The summed E-state index contributed by atoms with van der Waals surface area (Å²) < 4.78 is 23.9. The smallest absolute Gasteiger partial charge is 0.162 e. The zero-order chi connectivity index (χ0) is 22.1. The number of hydrogen-bond donors (Lipinski definition) is 1. The van der Waals surface area contributed by atoms with Crippen LogP contribution in [0.2, 0.25) is 0 Å². The molecule has 1 aliphatic rings. The monoisotopic (exact) mass is 502 g/mol. The van der Waals surface area contributed by atoms with Crippen LogP contribution in [0, 0.1) is 5.82 Å². The molecular weight excluding hydrogens is 470 g/mol. The van der Waals surface area contributed by atoms with E-state index in [9.17, 15) is 14.3 Å². The zero-order valence-electron chi connectivity index (χ0n) is 18.8. The van der Waals surface area contributed by atoms with Gasteiger partial charge in [0, 0.05) is 44.7 Å². The van der Waals surface area contributed by atoms with Gasteiger partial charge in [0.05, 0.1) is 7.11 Å². The van der Waals surface area contributed by atoms with E-state index in [1.807, 2.05) is 24.3 Å². The third-order valence-electron chi connectivity index (χ3n) is 5.48. The molecule has 0 saturated carbocycles. The van der Waals surface area contributed by atoms with Crippen molar-refractivity contribution in [3.63, 3.8) is 0 Å². The van der Waals surface area contributed by atoms with Crippen LogP contribution >= 0.6 is 24.8 Å². The average molecular weight is 503 g/mol. The maximum atomic E-state index is 13.0. The van der Waals surface area contributed by atoms with Crippen LogP contribution in [0.15, 0.2) is 48.5 Å². The summed E-state index contributed by atoms with van der Waals surface area (Å²) in [6.45, 7) is 5.20. The van der Waals surface area contributed by atoms with Crippen LogP contribution in [-0.4, -0.2) is 79.8 Å². The first-order valence-electron chi connectivity index (χ1n) is 10.7. The molecule has 0 aliphatic carbocycles. The normalized spacial score (nSPS) is 15.1. The number of aliphatic hydroxyl groups is 1. The van der Waals surface area contributed by atoms with Crippen LogP contribution in [0.3, 0.4) is 0 Å². The molecule has 2 aromatic rings. The van der Waals surface area contributed by atoms with E-state index >= 15 is 0 Å². The first kappa shape index (κ1) is 29.1. The van der Waals surface area contributed by atoms with Crippen molar-refractivity contribution < 1.29 is 23.8 Å². The van der Waals surface area contributed by atoms with Gasteiger partial charge in [0.25, 0.3) is 0 Å². The Morgan fingerprint density at radius 1 is 1.00 bits per heavy atom. The highest BCUT2D eigenvalue weighted by atomic mass is 35.5. The fourth-order valence-electron chi connectivity index (χ4n) is 3.71. The second kappa shape index (κ2) is 15.1. The average Bonchev–Trinajstić information content (AvgIpc) is 2.79. The molecule has 184 valence electrons. The molecule has 2 aromatic carbocycles. The Kier molecular flexibility index (Phi) is 13.3. The summed E-state index contributed by atoms with van der Waals surface area (Å²) in [5.41, 5.74) is 0.565. The Labute approximate surface area is 207 Å². The van der Waals surface area contributed by atoms with Gasteiger partial charge >= 0.3 is 0 Å². The van der Waals surface area contributed by atoms with E-state index in [1.54, 1.807) is 19.2 Å². The molecular formula is C24H33Cl2FN2O4. The number of halogens is 3. The number of benzene rings is 2. The molecule has 0 aromatic heterocycles. The van der Waals surface area contributed by atoms with E-state index in [4.69, 9.17) is 9.47 Å². The minimum Gasteiger partial charge on any atom is -0.493 e. The third-order valence-corrected chi connectivity index (χ3v) is 5.48. The number of carbonyl (C=O) groups excluding carboxylic acids is 1. The van der Waals surface area contributed by atoms with Crippen molar-refractivity contribution in [3.8, 4) is 11.5 Å². The zero-order valence-corrected chi connectivity index (χ0v) is 20.5. The van der Waals surface area contributed by atoms with Gasteiger partial charge in [-0.15, -0.1) is 24.8 Å². The summed E-state index contributed by atoms with van der Waals surface area (Å²) in [5, 5.41) is 10.3. The summed E-state index contributed by atoms with van der Waals surface area (Å²) in [7, 11) is 1.59. The van der Waals surface area contributed by atoms with Crippen molar-refractivity contribution in [2.24, 2.45) is 0 Å². The highest BCUT2D eigenvalue weighted by Gasteiger charge is 2.20. The maximum absolute atomic E-state index is 13.0. The van der Waals surface area contributed by atoms with Gasteiger partial charge in [-0.1, -0.05) is 12.1 Å². The summed E-state index contributed by atoms with van der Waals surface area (Å²) in [6.07, 6.45) is 0.668. The van der Waals surface area contributed by atoms with Crippen molar-refractivity contribution in [2.45, 2.75) is 18.9 Å². The SMILES string of the molecule is COc1ccccc1OCC(O)CN1CCN(CCCC(=O)c2ccc(F)cc2)CC1.Cl.Cl. The van der Waals surface area contributed by atoms with Gasteiger partial charge in [0.1, 0.15) is 18.5 Å². The van der Waals surface area contributed by atoms with E-state index in [1.165, 1.54) is 12.1 Å². The Morgan fingerprint density at radius 3 is 2.24 bits per heavy atom. The molecule has 3 rings (SSSR count). The van der Waals surface area contributed by atoms with Crippen molar-refractivity contribution in [2.75, 3.05) is 53.0 Å². The van der Waals surface area contributed by atoms with Crippen LogP contribution in [0.5, 0.6) is 11.5 Å². The molecule has 9 heteroatoms. The summed E-state index contributed by atoms with van der Waals surface area (Å²) >= 11 is 0. The summed E-state index contributed by atoms with van der Waals surface area (Å²) in [5.74, 6) is 1.01. The highest BCUT2D eigenvalue weighted by molar-refractivity contribution is 5.95. The van der Waals surface area contributed by atoms with Crippen molar-refractivity contribution in [3.05, 3.63) is 59.9 Å². The van der Waals surface area contributed by atoms with Gasteiger partial charge in [-0.05, 0) is 49.4 Å². The molecule has 1 heterocycles. The summed E-state index contributed by atoms with van der Waals surface area (Å²) in [4.78, 5) is 16.8. The molecule has 0 spiro atoms. The lowest BCUT2D eigenvalue weighted by Crippen LogP contribution is -2.49. The Hall–Kier alpha value is -1.90. The number of β-amino-alcohol motifs (C(OH)–C–C–N with tert-alkyl or cyclic N) is 1. The molecule has 0 radical (unpaired) electrons. The lowest BCUT2D eigenvalue weighted by Gasteiger charge is -2.35. The second-order valence-electron chi connectivity index (χ2n) is 7.79. The number of ketones is 1. The largest absolute Gasteiger partial charge is 0.493 e. The lowest BCUT2D eigenvalue weighted by molar-refractivity contribution is 0.0451. The number of ether oxygens (including phenoxy) is 2. The van der Waals surface area contributed by atoms with Gasteiger partial charge in [-0.3, -0.25) is 9.69 Å². The van der Waals surface area contributed by atoms with E-state index < -0.39 is 6.10 Å². The van der Waals surface area contributed by atoms with E-state index in [2.05, 4.69) is 9.80 Å². The second-order valence-corrected chi connectivity index (χ2v) is 7.79. The topological polar surface area (TPSA) is 62.2 Å². The highest BCUT2D eigenvalue weighted by Crippen LogP contribution is 2.25. The predicted octanol–water partition coefficient (Wildman–Crippen LogP) is 3.70. The summed E-state index contributed by atoms with van der Waals surface area (Å²) in [6, 6.07) is 13.1. The van der Waals surface area contributed by atoms with Crippen LogP contribution in [0.1, 0.15) is 23.2 Å². The number of methoxy groups -OCH3 is 1. The van der Waals surface area contributed by atoms with Crippen LogP contribution < -0.4 is 9.47 Å². The fraction of sp³-hybridized carbons (Fsp3) is 0.458. The Morgan fingerprint density at radius 2 is 1.61 bits per heavy atom. The minimum absolute atomic E-state index is 0. The van der Waals surface area contributed by atoms with Gasteiger partial charge in [-0.25, -0.2) is 4.39 Å². The standard InChI is InChI=1S/C24H31FN2O4.2ClH/c1-30-23-6-2-3-7-24(23)31-18-21(28)17-27-15-13-26(14-16-27)12-4-5-22(29)19-8-10-20(25)11-9-19;;/h2-3,6-11,21,28H,4-5,12-18H2,1H3;2*1H. The number of hydrogen-bond acceptors (Lipinski definition) is 6. The number of nitrogens with zero attached hydrogens (tertiary/aromatic N) is 2. The number of carbonyl (C=O) groups is 1. The Bertz CT molecular complexity index is 833. The molecule has 1 saturated heterocycles. The van der Waals surface area contributed by atoms with E-state index in [-0.39, 0.29) is 43.0 Å².